The van der Waals surface area contributed by atoms with Crippen LogP contribution in [0.25, 0.3) is 6.08 Å². The van der Waals surface area contributed by atoms with E-state index in [1.807, 2.05) is 6.07 Å². The maximum atomic E-state index is 5.82. The van der Waals surface area contributed by atoms with Gasteiger partial charge < -0.3 is 4.74 Å². The number of hydrogen-bond acceptors (Lipinski definition) is 1. The Balaban J connectivity index is 1.96. The van der Waals surface area contributed by atoms with Gasteiger partial charge in [0.2, 0.25) is 0 Å². The number of unbranched alkanes of at least 4 members (excludes halogenated alkanes) is 6. The van der Waals surface area contributed by atoms with E-state index in [0.29, 0.717) is 12.7 Å². The van der Waals surface area contributed by atoms with Gasteiger partial charge in [0.05, 0.1) is 12.7 Å². The highest BCUT2D eigenvalue weighted by Crippen LogP contribution is 2.11. The van der Waals surface area contributed by atoms with E-state index in [2.05, 4.69) is 50.3 Å². The lowest BCUT2D eigenvalue weighted by Gasteiger charge is -2.11. The van der Waals surface area contributed by atoms with Crippen molar-refractivity contribution in [3.63, 3.8) is 0 Å². The second kappa shape index (κ2) is 12.6. The summed E-state index contributed by atoms with van der Waals surface area (Å²) >= 11 is 0. The van der Waals surface area contributed by atoms with Gasteiger partial charge in [0, 0.05) is 0 Å². The van der Waals surface area contributed by atoms with Gasteiger partial charge in [-0.2, -0.15) is 0 Å². The zero-order valence-corrected chi connectivity index (χ0v) is 13.9. The molecule has 0 radical (unpaired) electrons. The molecule has 1 unspecified atom stereocenters. The summed E-state index contributed by atoms with van der Waals surface area (Å²) in [6.07, 6.45) is 15.4. The van der Waals surface area contributed by atoms with Crippen molar-refractivity contribution in [1.29, 1.82) is 0 Å². The summed E-state index contributed by atoms with van der Waals surface area (Å²) in [5.74, 6) is 0. The third-order valence-electron chi connectivity index (χ3n) is 3.80. The molecule has 1 aromatic rings. The number of rotatable bonds is 12. The van der Waals surface area contributed by atoms with Crippen molar-refractivity contribution < 1.29 is 4.74 Å². The molecule has 1 aromatic carbocycles. The summed E-state index contributed by atoms with van der Waals surface area (Å²) in [6, 6.07) is 10.4. The van der Waals surface area contributed by atoms with Gasteiger partial charge in [0.1, 0.15) is 0 Å². The molecule has 0 saturated heterocycles. The van der Waals surface area contributed by atoms with Gasteiger partial charge in [0.15, 0.2) is 0 Å². The third kappa shape index (κ3) is 10.3. The predicted octanol–water partition coefficient (Wildman–Crippen LogP) is 6.25. The molecule has 0 aliphatic carbocycles. The van der Waals surface area contributed by atoms with Crippen LogP contribution in [-0.4, -0.2) is 12.7 Å². The van der Waals surface area contributed by atoms with Gasteiger partial charge in [-0.1, -0.05) is 94.4 Å². The molecule has 0 amide bonds. The summed E-state index contributed by atoms with van der Waals surface area (Å²) in [7, 11) is 0. The molecule has 0 spiro atoms. The minimum absolute atomic E-state index is 0.376. The first kappa shape index (κ1) is 18.0. The van der Waals surface area contributed by atoms with Crippen LogP contribution in [0.2, 0.25) is 0 Å². The monoisotopic (exact) mass is 288 g/mol. The normalized spacial score (nSPS) is 12.9. The fourth-order valence-electron chi connectivity index (χ4n) is 2.44. The zero-order valence-electron chi connectivity index (χ0n) is 13.9. The Bertz CT molecular complexity index is 355. The third-order valence-corrected chi connectivity index (χ3v) is 3.80. The second-order valence-electron chi connectivity index (χ2n) is 5.87. The lowest BCUT2D eigenvalue weighted by atomic mass is 10.1. The summed E-state index contributed by atoms with van der Waals surface area (Å²) in [5.41, 5.74) is 1.24. The summed E-state index contributed by atoms with van der Waals surface area (Å²) < 4.78 is 5.82. The molecule has 1 nitrogen and oxygen atoms in total. The van der Waals surface area contributed by atoms with Gasteiger partial charge in [-0.25, -0.2) is 0 Å². The first-order valence-electron chi connectivity index (χ1n) is 8.66. The van der Waals surface area contributed by atoms with Gasteiger partial charge in [0.25, 0.3) is 0 Å². The Morgan fingerprint density at radius 2 is 1.62 bits per heavy atom. The van der Waals surface area contributed by atoms with Crippen molar-refractivity contribution >= 4 is 6.08 Å². The largest absolute Gasteiger partial charge is 0.374 e. The highest BCUT2D eigenvalue weighted by atomic mass is 16.5. The smallest absolute Gasteiger partial charge is 0.0654 e. The Labute approximate surface area is 131 Å². The van der Waals surface area contributed by atoms with Crippen molar-refractivity contribution in [3.05, 3.63) is 42.0 Å². The van der Waals surface area contributed by atoms with Crippen LogP contribution in [0.4, 0.5) is 0 Å². The molecule has 118 valence electrons. The molecule has 1 atom stereocenters. The van der Waals surface area contributed by atoms with E-state index in [0.717, 1.165) is 0 Å². The molecule has 0 fully saturated rings. The van der Waals surface area contributed by atoms with Crippen LogP contribution >= 0.6 is 0 Å². The molecule has 0 aliphatic heterocycles. The van der Waals surface area contributed by atoms with E-state index in [1.54, 1.807) is 0 Å². The van der Waals surface area contributed by atoms with Gasteiger partial charge in [-0.15, -0.1) is 0 Å². The van der Waals surface area contributed by atoms with Crippen LogP contribution in [0.15, 0.2) is 36.4 Å². The Hall–Kier alpha value is -1.08. The Kier molecular flexibility index (Phi) is 10.8. The summed E-state index contributed by atoms with van der Waals surface area (Å²) in [4.78, 5) is 0. The average Bonchev–Trinajstić information content (AvgIpc) is 2.52. The Morgan fingerprint density at radius 3 is 2.33 bits per heavy atom. The van der Waals surface area contributed by atoms with Crippen molar-refractivity contribution in [1.82, 2.24) is 0 Å². The van der Waals surface area contributed by atoms with Gasteiger partial charge >= 0.3 is 0 Å². The molecule has 1 heteroatoms. The molecular weight excluding hydrogens is 256 g/mol. The minimum Gasteiger partial charge on any atom is -0.374 e. The lowest BCUT2D eigenvalue weighted by Crippen LogP contribution is -2.07. The van der Waals surface area contributed by atoms with E-state index < -0.39 is 0 Å². The highest BCUT2D eigenvalue weighted by molar-refractivity contribution is 5.48. The maximum Gasteiger partial charge on any atom is 0.0654 e. The van der Waals surface area contributed by atoms with Crippen LogP contribution in [0.5, 0.6) is 0 Å². The molecule has 1 rings (SSSR count). The maximum absolute atomic E-state index is 5.82. The first-order valence-corrected chi connectivity index (χ1v) is 8.66. The fourth-order valence-corrected chi connectivity index (χ4v) is 2.44. The highest BCUT2D eigenvalue weighted by Gasteiger charge is 2.00. The SMILES string of the molecule is CCCCCCCCCC(C)OCC=Cc1ccccc1. The van der Waals surface area contributed by atoms with Gasteiger partial charge in [-0.05, 0) is 18.9 Å². The lowest BCUT2D eigenvalue weighted by molar-refractivity contribution is 0.0800. The van der Waals surface area contributed by atoms with E-state index >= 15 is 0 Å². The van der Waals surface area contributed by atoms with Crippen LogP contribution in [0.1, 0.15) is 70.8 Å². The van der Waals surface area contributed by atoms with E-state index in [1.165, 1.54) is 56.9 Å². The van der Waals surface area contributed by atoms with Crippen LogP contribution in [0, 0.1) is 0 Å². The van der Waals surface area contributed by atoms with Crippen LogP contribution in [0.3, 0.4) is 0 Å². The number of hydrogen-bond donors (Lipinski definition) is 0. The minimum atomic E-state index is 0.376. The van der Waals surface area contributed by atoms with Crippen molar-refractivity contribution in [2.75, 3.05) is 6.61 Å². The first-order chi connectivity index (χ1) is 10.3. The van der Waals surface area contributed by atoms with Gasteiger partial charge in [-0.3, -0.25) is 0 Å². The number of benzene rings is 1. The van der Waals surface area contributed by atoms with Crippen molar-refractivity contribution in [2.45, 2.75) is 71.3 Å². The topological polar surface area (TPSA) is 9.23 Å². The second-order valence-corrected chi connectivity index (χ2v) is 5.87. The molecule has 0 heterocycles. The Morgan fingerprint density at radius 1 is 0.952 bits per heavy atom. The quantitative estimate of drug-likeness (QED) is 0.413. The number of ether oxygens (including phenoxy) is 1. The van der Waals surface area contributed by atoms with Crippen molar-refractivity contribution in [3.8, 4) is 0 Å². The summed E-state index contributed by atoms with van der Waals surface area (Å²) in [6.45, 7) is 5.17. The molecule has 0 aromatic heterocycles. The van der Waals surface area contributed by atoms with E-state index in [-0.39, 0.29) is 0 Å². The van der Waals surface area contributed by atoms with Crippen LogP contribution in [-0.2, 0) is 4.74 Å². The predicted molar refractivity (Wildman–Crippen MR) is 93.5 cm³/mol. The van der Waals surface area contributed by atoms with E-state index in [9.17, 15) is 0 Å². The van der Waals surface area contributed by atoms with E-state index in [4.69, 9.17) is 4.74 Å². The van der Waals surface area contributed by atoms with Crippen LogP contribution < -0.4 is 0 Å². The average molecular weight is 288 g/mol. The molecule has 0 saturated carbocycles. The fraction of sp³-hybridized carbons (Fsp3) is 0.600. The molecular formula is C20H32O. The van der Waals surface area contributed by atoms with Crippen molar-refractivity contribution in [2.24, 2.45) is 0 Å². The standard InChI is InChI=1S/C20H32O/c1-3-4-5-6-7-8-10-14-19(2)21-18-13-17-20-15-11-9-12-16-20/h9,11-13,15-17,19H,3-8,10,14,18H2,1-2H3. The summed E-state index contributed by atoms with van der Waals surface area (Å²) in [5, 5.41) is 0. The molecule has 0 aliphatic rings. The molecule has 0 N–H and O–H groups in total. The molecule has 0 bridgehead atoms. The molecule has 21 heavy (non-hydrogen) atoms. The zero-order chi connectivity index (χ0) is 15.2.